The first-order chi connectivity index (χ1) is 14.3. The second-order valence-electron chi connectivity index (χ2n) is 7.65. The average Bonchev–Trinajstić information content (AvgIpc) is 3.36. The van der Waals surface area contributed by atoms with Crippen LogP contribution < -0.4 is 5.32 Å². The Bertz CT molecular complexity index is 1050. The highest BCUT2D eigenvalue weighted by Gasteiger charge is 2.30. The molecule has 1 N–H and O–H groups in total. The first-order valence-corrected chi connectivity index (χ1v) is 10.7. The Morgan fingerprint density at radius 1 is 1.33 bits per heavy atom. The topological polar surface area (TPSA) is 96.7 Å². The molecule has 3 rings (SSSR count). The highest BCUT2D eigenvalue weighted by Crippen LogP contribution is 2.26. The fourth-order valence-electron chi connectivity index (χ4n) is 2.85. The lowest BCUT2D eigenvalue weighted by Crippen LogP contribution is -2.49. The molecule has 0 saturated carbocycles. The summed E-state index contributed by atoms with van der Waals surface area (Å²) in [5, 5.41) is 21.5. The molecule has 0 aliphatic rings. The van der Waals surface area contributed by atoms with Crippen LogP contribution in [0.3, 0.4) is 0 Å². The molecule has 2 heterocycles. The number of carbonyl (C=O) groups excluding carboxylic acids is 1. The van der Waals surface area contributed by atoms with E-state index in [2.05, 4.69) is 21.6 Å². The van der Waals surface area contributed by atoms with E-state index in [0.29, 0.717) is 17.5 Å². The number of aryl methyl sites for hydroxylation is 1. The van der Waals surface area contributed by atoms with E-state index >= 15 is 0 Å². The number of benzene rings is 1. The monoisotopic (exact) mass is 423 g/mol. The van der Waals surface area contributed by atoms with Gasteiger partial charge in [-0.2, -0.15) is 5.26 Å². The SMILES string of the molecule is Cc1cccc(-c2nnc(SCC(=O)N[C@@](C)(C#N)C(C)C)n2Cc2ccco2)c1. The van der Waals surface area contributed by atoms with Gasteiger partial charge in [-0.15, -0.1) is 10.2 Å². The largest absolute Gasteiger partial charge is 0.467 e. The van der Waals surface area contributed by atoms with Gasteiger partial charge >= 0.3 is 0 Å². The van der Waals surface area contributed by atoms with Gasteiger partial charge in [-0.1, -0.05) is 49.4 Å². The van der Waals surface area contributed by atoms with Crippen LogP contribution in [-0.4, -0.2) is 32.0 Å². The number of hydrogen-bond acceptors (Lipinski definition) is 6. The van der Waals surface area contributed by atoms with Gasteiger partial charge in [0.25, 0.3) is 0 Å². The van der Waals surface area contributed by atoms with Crippen LogP contribution in [-0.2, 0) is 11.3 Å². The van der Waals surface area contributed by atoms with E-state index in [4.69, 9.17) is 4.42 Å². The molecule has 30 heavy (non-hydrogen) atoms. The second-order valence-corrected chi connectivity index (χ2v) is 8.59. The van der Waals surface area contributed by atoms with Crippen LogP contribution >= 0.6 is 11.8 Å². The fourth-order valence-corrected chi connectivity index (χ4v) is 3.59. The molecule has 1 amide bonds. The van der Waals surface area contributed by atoms with Crippen LogP contribution in [0.25, 0.3) is 11.4 Å². The Hall–Kier alpha value is -3.05. The van der Waals surface area contributed by atoms with Crippen molar-refractivity contribution in [3.8, 4) is 17.5 Å². The first kappa shape index (κ1) is 21.7. The number of furan rings is 1. The Morgan fingerprint density at radius 2 is 2.13 bits per heavy atom. The van der Waals surface area contributed by atoms with Crippen molar-refractivity contribution < 1.29 is 9.21 Å². The van der Waals surface area contributed by atoms with Crippen molar-refractivity contribution in [3.05, 3.63) is 54.0 Å². The van der Waals surface area contributed by atoms with Crippen molar-refractivity contribution in [3.63, 3.8) is 0 Å². The molecular formula is C22H25N5O2S. The van der Waals surface area contributed by atoms with E-state index in [1.807, 2.05) is 61.7 Å². The molecule has 3 aromatic rings. The van der Waals surface area contributed by atoms with Crippen molar-refractivity contribution in [2.45, 2.75) is 44.9 Å². The van der Waals surface area contributed by atoms with E-state index in [-0.39, 0.29) is 17.6 Å². The molecule has 0 spiro atoms. The van der Waals surface area contributed by atoms with Crippen molar-refractivity contribution in [2.24, 2.45) is 5.92 Å². The standard InChI is InChI=1S/C22H25N5O2S/c1-15(2)22(4,14-23)24-19(28)13-30-21-26-25-20(17-8-5-7-16(3)11-17)27(21)12-18-9-6-10-29-18/h5-11,15H,12-13H2,1-4H3,(H,24,28)/t22-/m0/s1. The maximum atomic E-state index is 12.5. The Kier molecular flexibility index (Phi) is 6.63. The third-order valence-corrected chi connectivity index (χ3v) is 5.97. The maximum absolute atomic E-state index is 12.5. The number of nitriles is 1. The number of nitrogens with zero attached hydrogens (tertiary/aromatic N) is 4. The third-order valence-electron chi connectivity index (χ3n) is 5.01. The second kappa shape index (κ2) is 9.18. The zero-order valence-electron chi connectivity index (χ0n) is 17.5. The number of aromatic nitrogens is 3. The van der Waals surface area contributed by atoms with Gasteiger partial charge in [0.2, 0.25) is 5.91 Å². The number of carbonyl (C=O) groups is 1. The van der Waals surface area contributed by atoms with Gasteiger partial charge in [0.15, 0.2) is 11.0 Å². The molecule has 2 aromatic heterocycles. The lowest BCUT2D eigenvalue weighted by molar-refractivity contribution is -0.120. The third kappa shape index (κ3) is 4.92. The summed E-state index contributed by atoms with van der Waals surface area (Å²) >= 11 is 1.29. The molecule has 0 aliphatic carbocycles. The molecule has 0 unspecified atom stereocenters. The van der Waals surface area contributed by atoms with Gasteiger partial charge in [0, 0.05) is 5.56 Å². The maximum Gasteiger partial charge on any atom is 0.231 e. The summed E-state index contributed by atoms with van der Waals surface area (Å²) in [5.74, 6) is 1.39. The lowest BCUT2D eigenvalue weighted by Gasteiger charge is -2.27. The summed E-state index contributed by atoms with van der Waals surface area (Å²) in [5.41, 5.74) is 1.16. The van der Waals surface area contributed by atoms with E-state index in [1.54, 1.807) is 13.2 Å². The van der Waals surface area contributed by atoms with Crippen molar-refractivity contribution in [1.29, 1.82) is 5.26 Å². The average molecular weight is 424 g/mol. The zero-order valence-corrected chi connectivity index (χ0v) is 18.4. The van der Waals surface area contributed by atoms with Crippen LogP contribution in [0, 0.1) is 24.2 Å². The molecule has 8 heteroatoms. The normalized spacial score (nSPS) is 13.1. The minimum atomic E-state index is -0.911. The molecular weight excluding hydrogens is 398 g/mol. The van der Waals surface area contributed by atoms with E-state index in [9.17, 15) is 10.1 Å². The number of hydrogen-bond donors (Lipinski definition) is 1. The highest BCUT2D eigenvalue weighted by atomic mass is 32.2. The summed E-state index contributed by atoms with van der Waals surface area (Å²) in [6, 6.07) is 14.0. The molecule has 0 radical (unpaired) electrons. The quantitative estimate of drug-likeness (QED) is 0.549. The molecule has 1 atom stereocenters. The van der Waals surface area contributed by atoms with Crippen LogP contribution in [0.1, 0.15) is 32.1 Å². The van der Waals surface area contributed by atoms with Crippen LogP contribution in [0.15, 0.2) is 52.2 Å². The number of nitrogens with one attached hydrogen (secondary N) is 1. The predicted molar refractivity (Wildman–Crippen MR) is 116 cm³/mol. The van der Waals surface area contributed by atoms with Crippen LogP contribution in [0.2, 0.25) is 0 Å². The van der Waals surface area contributed by atoms with Gasteiger partial charge in [0.1, 0.15) is 11.3 Å². The Balaban J connectivity index is 1.82. The first-order valence-electron chi connectivity index (χ1n) is 9.70. The molecule has 7 nitrogen and oxygen atoms in total. The summed E-state index contributed by atoms with van der Waals surface area (Å²) in [6.07, 6.45) is 1.63. The van der Waals surface area contributed by atoms with Crippen LogP contribution in [0.5, 0.6) is 0 Å². The Morgan fingerprint density at radius 3 is 2.77 bits per heavy atom. The summed E-state index contributed by atoms with van der Waals surface area (Å²) < 4.78 is 7.45. The minimum absolute atomic E-state index is 0.00743. The van der Waals surface area contributed by atoms with Crippen LogP contribution in [0.4, 0.5) is 0 Å². The molecule has 0 fully saturated rings. The summed E-state index contributed by atoms with van der Waals surface area (Å²) in [6.45, 7) is 8.03. The smallest absolute Gasteiger partial charge is 0.231 e. The van der Waals surface area contributed by atoms with E-state index in [1.165, 1.54) is 11.8 Å². The fraction of sp³-hybridized carbons (Fsp3) is 0.364. The van der Waals surface area contributed by atoms with Gasteiger partial charge < -0.3 is 9.73 Å². The lowest BCUT2D eigenvalue weighted by atomic mass is 9.90. The molecule has 0 aliphatic heterocycles. The number of rotatable bonds is 8. The highest BCUT2D eigenvalue weighted by molar-refractivity contribution is 7.99. The van der Waals surface area contributed by atoms with Gasteiger partial charge in [-0.05, 0) is 38.0 Å². The predicted octanol–water partition coefficient (Wildman–Crippen LogP) is 4.04. The van der Waals surface area contributed by atoms with Gasteiger partial charge in [-0.3, -0.25) is 9.36 Å². The number of amides is 1. The van der Waals surface area contributed by atoms with Gasteiger partial charge in [0.05, 0.1) is 24.6 Å². The van der Waals surface area contributed by atoms with Crippen molar-refractivity contribution in [2.75, 3.05) is 5.75 Å². The molecule has 156 valence electrons. The minimum Gasteiger partial charge on any atom is -0.467 e. The molecule has 0 saturated heterocycles. The van der Waals surface area contributed by atoms with E-state index < -0.39 is 5.54 Å². The zero-order chi connectivity index (χ0) is 21.7. The summed E-state index contributed by atoms with van der Waals surface area (Å²) in [4.78, 5) is 12.5. The Labute approximate surface area is 180 Å². The van der Waals surface area contributed by atoms with E-state index in [0.717, 1.165) is 16.9 Å². The van der Waals surface area contributed by atoms with Crippen molar-refractivity contribution in [1.82, 2.24) is 20.1 Å². The molecule has 0 bridgehead atoms. The summed E-state index contributed by atoms with van der Waals surface area (Å²) in [7, 11) is 0. The molecule has 1 aromatic carbocycles. The number of thioether (sulfide) groups is 1. The van der Waals surface area contributed by atoms with Crippen molar-refractivity contribution >= 4 is 17.7 Å². The van der Waals surface area contributed by atoms with Gasteiger partial charge in [-0.25, -0.2) is 0 Å².